The summed E-state index contributed by atoms with van der Waals surface area (Å²) in [6.07, 6.45) is 0. The minimum absolute atomic E-state index is 0. The fourth-order valence-corrected chi connectivity index (χ4v) is 1.57. The van der Waals surface area contributed by atoms with Gasteiger partial charge in [-0.05, 0) is 13.8 Å². The molecular formula is C18H20Cl2Ir2N2O2. The molecule has 0 spiro atoms. The van der Waals surface area contributed by atoms with Crippen LogP contribution < -0.4 is 0 Å². The summed E-state index contributed by atoms with van der Waals surface area (Å²) in [6.45, 7) is 3.87. The van der Waals surface area contributed by atoms with Gasteiger partial charge in [0.25, 0.3) is 0 Å². The Morgan fingerprint density at radius 2 is 0.885 bits per heavy atom. The Bertz CT molecular complexity index is 579. The zero-order valence-electron chi connectivity index (χ0n) is 14.8. The van der Waals surface area contributed by atoms with Gasteiger partial charge in [0.2, 0.25) is 0 Å². The maximum absolute atomic E-state index is 11.7. The molecule has 2 amide bonds. The summed E-state index contributed by atoms with van der Waals surface area (Å²) in [4.78, 5) is 23.3. The fourth-order valence-electron chi connectivity index (χ4n) is 1.57. The average Bonchev–Trinajstić information content (AvgIpc) is 2.62. The first kappa shape index (κ1) is 30.0. The van der Waals surface area contributed by atoms with Gasteiger partial charge in [-0.2, -0.15) is 0 Å². The first-order chi connectivity index (χ1) is 11.5. The van der Waals surface area contributed by atoms with Gasteiger partial charge in [-0.15, -0.1) is 11.4 Å². The second kappa shape index (κ2) is 17.7. The van der Waals surface area contributed by atoms with Gasteiger partial charge in [-0.1, -0.05) is 59.7 Å². The van der Waals surface area contributed by atoms with Gasteiger partial charge < -0.3 is 35.1 Å². The van der Waals surface area contributed by atoms with Crippen molar-refractivity contribution in [3.05, 3.63) is 85.1 Å². The van der Waals surface area contributed by atoms with Gasteiger partial charge in [0.1, 0.15) is 11.8 Å². The number of hydrogen-bond acceptors (Lipinski definition) is 2. The van der Waals surface area contributed by atoms with Crippen LogP contribution in [0.4, 0.5) is 11.4 Å². The Kier molecular flexibility index (Phi) is 20.4. The van der Waals surface area contributed by atoms with E-state index in [9.17, 15) is 9.59 Å². The molecule has 0 aliphatic rings. The molecule has 2 aromatic carbocycles. The summed E-state index contributed by atoms with van der Waals surface area (Å²) in [6, 6.07) is 14.1. The first-order valence-corrected chi connectivity index (χ1v) is 12.4. The minimum atomic E-state index is -0.866. The Labute approximate surface area is 185 Å². The Morgan fingerprint density at radius 1 is 0.654 bits per heavy atom. The van der Waals surface area contributed by atoms with E-state index in [-0.39, 0.29) is 14.9 Å². The van der Waals surface area contributed by atoms with Gasteiger partial charge in [0.15, 0.2) is 0 Å². The average molecular weight is 752 g/mol. The molecule has 2 rings (SSSR count). The number of carbonyl (C=O) groups excluding carboxylic acids is 2. The predicted octanol–water partition coefficient (Wildman–Crippen LogP) is 6.34. The molecule has 0 heterocycles. The second-order valence-electron chi connectivity index (χ2n) is 4.51. The van der Waals surface area contributed by atoms with Crippen molar-refractivity contribution in [3.63, 3.8) is 0 Å². The van der Waals surface area contributed by atoms with Crippen LogP contribution in [0.3, 0.4) is 0 Å². The maximum atomic E-state index is 11.7. The van der Waals surface area contributed by atoms with Crippen LogP contribution in [0, 0.1) is 28.7 Å². The van der Waals surface area contributed by atoms with Crippen molar-refractivity contribution in [2.75, 3.05) is 0 Å². The van der Waals surface area contributed by atoms with Gasteiger partial charge in [-0.25, -0.2) is 0 Å². The van der Waals surface area contributed by atoms with E-state index in [1.165, 1.54) is 35.8 Å². The quantitative estimate of drug-likeness (QED) is 0.266. The number of benzene rings is 2. The summed E-state index contributed by atoms with van der Waals surface area (Å²) in [5, 5.41) is 7.46. The fraction of sp³-hybridized carbons (Fsp3) is 0.111. The van der Waals surface area contributed by atoms with Crippen molar-refractivity contribution in [2.24, 2.45) is 0 Å². The zero-order valence-corrected chi connectivity index (χ0v) is 21.1. The monoisotopic (exact) mass is 752 g/mol. The summed E-state index contributed by atoms with van der Waals surface area (Å²) >= 11 is 2.94. The van der Waals surface area contributed by atoms with Crippen LogP contribution in [0.15, 0.2) is 48.5 Å². The topological polar surface area (TPSA) is 62.3 Å². The molecule has 146 valence electrons. The molecule has 0 fully saturated rings. The molecule has 0 radical (unpaired) electrons. The third kappa shape index (κ3) is 11.8. The van der Waals surface area contributed by atoms with E-state index in [1.54, 1.807) is 24.3 Å². The predicted molar refractivity (Wildman–Crippen MR) is 103 cm³/mol. The zero-order chi connectivity index (χ0) is 18.5. The van der Waals surface area contributed by atoms with E-state index in [0.29, 0.717) is 11.4 Å². The molecule has 0 N–H and O–H groups in total. The third-order valence-corrected chi connectivity index (χ3v) is 2.71. The molecule has 2 aromatic rings. The molecule has 0 saturated carbocycles. The molecular weight excluding hydrogens is 732 g/mol. The third-order valence-electron chi connectivity index (χ3n) is 2.71. The van der Waals surface area contributed by atoms with E-state index in [2.05, 4.69) is 29.8 Å². The summed E-state index contributed by atoms with van der Waals surface area (Å²) < 4.78 is 0. The number of halogens is 2. The Balaban J connectivity index is -0.000000824. The van der Waals surface area contributed by atoms with Crippen LogP contribution >= 0.6 is 19.2 Å². The van der Waals surface area contributed by atoms with Crippen LogP contribution in [0.5, 0.6) is 0 Å². The molecule has 4 nitrogen and oxygen atoms in total. The van der Waals surface area contributed by atoms with Gasteiger partial charge in [0, 0.05) is 0 Å². The van der Waals surface area contributed by atoms with Crippen molar-refractivity contribution in [2.45, 2.75) is 13.8 Å². The Hall–Kier alpha value is -0.741. The number of hydrogen-bond donors (Lipinski definition) is 0. The van der Waals surface area contributed by atoms with Gasteiger partial charge in [-0.3, -0.25) is 0 Å². The molecule has 0 bridgehead atoms. The molecule has 26 heavy (non-hydrogen) atoms. The van der Waals surface area contributed by atoms with Gasteiger partial charge in [0.05, 0.1) is 0 Å². The van der Waals surface area contributed by atoms with E-state index in [1.807, 2.05) is 38.1 Å². The first-order valence-electron chi connectivity index (χ1n) is 6.45. The Morgan fingerprint density at radius 3 is 1.12 bits per heavy atom. The van der Waals surface area contributed by atoms with Gasteiger partial charge >= 0.3 is 54.9 Å². The van der Waals surface area contributed by atoms with Crippen molar-refractivity contribution < 1.29 is 45.4 Å². The van der Waals surface area contributed by atoms with E-state index >= 15 is 0 Å². The molecule has 0 atom stereocenters. The van der Waals surface area contributed by atoms with E-state index < -0.39 is 11.8 Å². The van der Waals surface area contributed by atoms with E-state index in [4.69, 9.17) is 0 Å². The summed E-state index contributed by atoms with van der Waals surface area (Å²) in [7, 11) is 9.28. The van der Waals surface area contributed by atoms with Crippen molar-refractivity contribution in [1.29, 1.82) is 0 Å². The van der Waals surface area contributed by atoms with Crippen LogP contribution in [0.25, 0.3) is 10.6 Å². The summed E-state index contributed by atoms with van der Waals surface area (Å²) in [5.74, 6) is -1.73. The number of amides is 2. The van der Waals surface area contributed by atoms with Crippen LogP contribution in [-0.2, 0) is 45.4 Å². The van der Waals surface area contributed by atoms with Crippen LogP contribution in [0.2, 0.25) is 0 Å². The molecule has 0 aromatic heterocycles. The standard InChI is InChI=1S/C16H16N2O2.2CH3.2ClH.2Ir/c1-11-3-7-13(8-4-11)17-15(19)16(20)18-14-9-5-12(2)6-10-14;;;;;;/h3-10H,1-2H3,(H2,17,18,19,20);2*1H3;2*1H;;/q;2*-1;;;2*+3/p-4. The second-order valence-corrected chi connectivity index (χ2v) is 4.51. The van der Waals surface area contributed by atoms with E-state index in [0.717, 1.165) is 11.1 Å². The number of nitrogens with zero attached hydrogens (tertiary/aromatic N) is 2. The summed E-state index contributed by atoms with van der Waals surface area (Å²) in [5.41, 5.74) is 3.03. The number of rotatable bonds is 2. The van der Waals surface area contributed by atoms with Crippen molar-refractivity contribution in [1.82, 2.24) is 0 Å². The molecule has 0 aliphatic heterocycles. The SMILES string of the molecule is Cc1ccc([N-]C(=O)C(=O)[N-]c2ccc(C)cc2)cc1.[CH3-].[CH3-].[Cl][Ir+2].[Cl][Ir+2]. The van der Waals surface area contributed by atoms with Crippen LogP contribution in [-0.4, -0.2) is 11.8 Å². The van der Waals surface area contributed by atoms with Crippen molar-refractivity contribution in [3.8, 4) is 0 Å². The molecule has 0 aliphatic carbocycles. The molecule has 0 unspecified atom stereocenters. The molecule has 0 saturated heterocycles. The normalized spacial score (nSPS) is 8.08. The van der Waals surface area contributed by atoms with Crippen LogP contribution in [0.1, 0.15) is 11.1 Å². The molecule has 8 heteroatoms. The van der Waals surface area contributed by atoms with Crippen molar-refractivity contribution >= 4 is 42.4 Å². The number of carbonyl (C=O) groups is 2. The number of aryl methyl sites for hydroxylation is 2.